The van der Waals surface area contributed by atoms with E-state index in [0.717, 1.165) is 24.0 Å². The molecule has 4 atom stereocenters. The van der Waals surface area contributed by atoms with Crippen LogP contribution in [0.4, 0.5) is 0 Å². The molecule has 4 rings (SSSR count). The van der Waals surface area contributed by atoms with Crippen LogP contribution in [0, 0.1) is 5.41 Å². The highest BCUT2D eigenvalue weighted by Crippen LogP contribution is 2.52. The molecule has 2 aliphatic rings. The minimum absolute atomic E-state index is 0.143. The molecule has 1 aliphatic heterocycles. The zero-order chi connectivity index (χ0) is 27.7. The van der Waals surface area contributed by atoms with E-state index < -0.39 is 33.3 Å². The van der Waals surface area contributed by atoms with Crippen molar-refractivity contribution in [2.24, 2.45) is 5.41 Å². The number of hydrogen-bond donors (Lipinski definition) is 1. The number of aliphatic carboxylic acids is 1. The summed E-state index contributed by atoms with van der Waals surface area (Å²) in [5.74, 6) is -1.84. The van der Waals surface area contributed by atoms with Crippen molar-refractivity contribution in [1.29, 1.82) is 0 Å². The number of carboxylic acid groups (broad SMARTS) is 1. The number of hydrogen-bond acceptors (Lipinski definition) is 4. The van der Waals surface area contributed by atoms with E-state index in [1.807, 2.05) is 37.3 Å². The number of likely N-dealkylation sites (tertiary alicyclic amines) is 1. The molecule has 0 bridgehead atoms. The molecule has 1 amide bonds. The molecular formula is C29H35Cl2NO5S. The fourth-order valence-corrected chi connectivity index (χ4v) is 8.91. The van der Waals surface area contributed by atoms with Crippen LogP contribution in [-0.4, -0.2) is 47.3 Å². The first-order valence-corrected chi connectivity index (χ1v) is 15.7. The van der Waals surface area contributed by atoms with Crippen LogP contribution >= 0.6 is 23.2 Å². The lowest BCUT2D eigenvalue weighted by molar-refractivity contribution is -0.160. The second-order valence-electron chi connectivity index (χ2n) is 11.0. The predicted octanol–water partition coefficient (Wildman–Crippen LogP) is 6.67. The van der Waals surface area contributed by atoms with Crippen molar-refractivity contribution < 1.29 is 23.1 Å². The maximum absolute atomic E-state index is 14.3. The van der Waals surface area contributed by atoms with Crippen LogP contribution in [0.5, 0.6) is 0 Å². The van der Waals surface area contributed by atoms with Crippen molar-refractivity contribution in [2.75, 3.05) is 5.75 Å². The Labute approximate surface area is 235 Å². The molecule has 2 aromatic rings. The smallest absolute Gasteiger partial charge is 0.304 e. The second-order valence-corrected chi connectivity index (χ2v) is 14.2. The van der Waals surface area contributed by atoms with Gasteiger partial charge in [0.25, 0.3) is 0 Å². The Morgan fingerprint density at radius 1 is 1.08 bits per heavy atom. The standard InChI is InChI=1S/C29H35Cl2NO5S/c1-3-23(18-38(36,37)24-9-4-5-10-24)32-27(19-11-13-21(30)14-12-19)25(20-7-6-8-22(31)15-20)16-29(2,28(32)35)17-26(33)34/h6-8,11-15,23-25,27H,3-5,9-10,16-18H2,1-2H3,(H,33,34)/t23-,25+,27+,29+/m0/s1. The van der Waals surface area contributed by atoms with Crippen molar-refractivity contribution in [1.82, 2.24) is 4.90 Å². The molecule has 6 nitrogen and oxygen atoms in total. The summed E-state index contributed by atoms with van der Waals surface area (Å²) in [5, 5.41) is 10.5. The van der Waals surface area contributed by atoms with Gasteiger partial charge in [-0.1, -0.05) is 74.2 Å². The van der Waals surface area contributed by atoms with Gasteiger partial charge in [-0.05, 0) is 61.1 Å². The first-order chi connectivity index (χ1) is 17.9. The number of rotatable bonds is 9. The number of halogens is 2. The summed E-state index contributed by atoms with van der Waals surface area (Å²) in [6, 6.07) is 13.5. The molecule has 1 N–H and O–H groups in total. The van der Waals surface area contributed by atoms with E-state index in [0.29, 0.717) is 29.3 Å². The Hall–Kier alpha value is -2.09. The summed E-state index contributed by atoms with van der Waals surface area (Å²) in [6.07, 6.45) is 3.44. The number of nitrogens with zero attached hydrogens (tertiary/aromatic N) is 1. The van der Waals surface area contributed by atoms with Crippen LogP contribution in [0.2, 0.25) is 10.0 Å². The third kappa shape index (κ3) is 6.05. The molecule has 1 saturated carbocycles. The van der Waals surface area contributed by atoms with Gasteiger partial charge in [0, 0.05) is 22.0 Å². The zero-order valence-electron chi connectivity index (χ0n) is 21.8. The van der Waals surface area contributed by atoms with E-state index in [-0.39, 0.29) is 35.7 Å². The Morgan fingerprint density at radius 3 is 2.32 bits per heavy atom. The summed E-state index contributed by atoms with van der Waals surface area (Å²) < 4.78 is 27.0. The fraction of sp³-hybridized carbons (Fsp3) is 0.517. The first kappa shape index (κ1) is 28.9. The average Bonchev–Trinajstić information content (AvgIpc) is 3.41. The third-order valence-corrected chi connectivity index (χ3v) is 11.1. The van der Waals surface area contributed by atoms with Crippen molar-refractivity contribution in [3.05, 3.63) is 69.7 Å². The van der Waals surface area contributed by atoms with Gasteiger partial charge in [0.1, 0.15) is 0 Å². The number of carbonyl (C=O) groups excluding carboxylic acids is 1. The van der Waals surface area contributed by atoms with E-state index in [1.165, 1.54) is 0 Å². The highest BCUT2D eigenvalue weighted by atomic mass is 35.5. The Morgan fingerprint density at radius 2 is 1.74 bits per heavy atom. The summed E-state index contributed by atoms with van der Waals surface area (Å²) in [6.45, 7) is 3.57. The van der Waals surface area contributed by atoms with Gasteiger partial charge in [-0.2, -0.15) is 0 Å². The molecule has 9 heteroatoms. The normalized spacial score (nSPS) is 25.5. The van der Waals surface area contributed by atoms with E-state index in [4.69, 9.17) is 23.2 Å². The lowest BCUT2D eigenvalue weighted by Crippen LogP contribution is -2.57. The van der Waals surface area contributed by atoms with Gasteiger partial charge in [-0.15, -0.1) is 0 Å². The van der Waals surface area contributed by atoms with E-state index >= 15 is 0 Å². The first-order valence-electron chi connectivity index (χ1n) is 13.2. The number of benzene rings is 2. The minimum Gasteiger partial charge on any atom is -0.481 e. The largest absolute Gasteiger partial charge is 0.481 e. The SMILES string of the molecule is CC[C@@H](CS(=O)(=O)C1CCCC1)N1C(=O)[C@@](C)(CC(=O)O)C[C@H](c2cccc(Cl)c2)[C@H]1c1ccc(Cl)cc1. The molecular weight excluding hydrogens is 545 g/mol. The number of carbonyl (C=O) groups is 2. The Kier molecular flexibility index (Phi) is 8.80. The number of sulfone groups is 1. The summed E-state index contributed by atoms with van der Waals surface area (Å²) >= 11 is 12.6. The topological polar surface area (TPSA) is 91.8 Å². The zero-order valence-corrected chi connectivity index (χ0v) is 24.1. The van der Waals surface area contributed by atoms with Crippen molar-refractivity contribution in [3.8, 4) is 0 Å². The lowest BCUT2D eigenvalue weighted by atomic mass is 9.67. The van der Waals surface area contributed by atoms with Crippen LogP contribution in [-0.2, 0) is 19.4 Å². The Bertz CT molecular complexity index is 1280. The molecule has 2 fully saturated rings. The second kappa shape index (κ2) is 11.6. The van der Waals surface area contributed by atoms with Gasteiger partial charge >= 0.3 is 5.97 Å². The van der Waals surface area contributed by atoms with Crippen molar-refractivity contribution in [3.63, 3.8) is 0 Å². The van der Waals surface area contributed by atoms with Gasteiger partial charge in [0.15, 0.2) is 9.84 Å². The third-order valence-electron chi connectivity index (χ3n) is 8.23. The number of carboxylic acids is 1. The quantitative estimate of drug-likeness (QED) is 0.358. The molecule has 1 saturated heterocycles. The van der Waals surface area contributed by atoms with Gasteiger partial charge in [-0.25, -0.2) is 8.42 Å². The molecule has 38 heavy (non-hydrogen) atoms. The highest BCUT2D eigenvalue weighted by Gasteiger charge is 2.53. The molecule has 206 valence electrons. The maximum atomic E-state index is 14.3. The number of piperidine rings is 1. The van der Waals surface area contributed by atoms with E-state index in [2.05, 4.69) is 0 Å². The minimum atomic E-state index is -3.46. The van der Waals surface area contributed by atoms with Crippen LogP contribution in [0.3, 0.4) is 0 Å². The van der Waals surface area contributed by atoms with Crippen LogP contribution in [0.25, 0.3) is 0 Å². The molecule has 2 aromatic carbocycles. The van der Waals surface area contributed by atoms with Crippen LogP contribution < -0.4 is 0 Å². The van der Waals surface area contributed by atoms with Crippen LogP contribution in [0.1, 0.15) is 81.9 Å². The van der Waals surface area contributed by atoms with Crippen LogP contribution in [0.15, 0.2) is 48.5 Å². The van der Waals surface area contributed by atoms with E-state index in [1.54, 1.807) is 30.0 Å². The maximum Gasteiger partial charge on any atom is 0.304 e. The molecule has 0 unspecified atom stereocenters. The van der Waals surface area contributed by atoms with Gasteiger partial charge in [-0.3, -0.25) is 9.59 Å². The average molecular weight is 581 g/mol. The van der Waals surface area contributed by atoms with Gasteiger partial charge in [0.2, 0.25) is 5.91 Å². The van der Waals surface area contributed by atoms with Crippen molar-refractivity contribution in [2.45, 2.75) is 82.0 Å². The number of amides is 1. The lowest BCUT2D eigenvalue weighted by Gasteiger charge is -2.52. The highest BCUT2D eigenvalue weighted by molar-refractivity contribution is 7.92. The molecule has 0 spiro atoms. The Balaban J connectivity index is 1.87. The monoisotopic (exact) mass is 579 g/mol. The summed E-state index contributed by atoms with van der Waals surface area (Å²) in [7, 11) is -3.46. The molecule has 1 heterocycles. The predicted molar refractivity (Wildman–Crippen MR) is 150 cm³/mol. The van der Waals surface area contributed by atoms with E-state index in [9.17, 15) is 23.1 Å². The summed E-state index contributed by atoms with van der Waals surface area (Å²) in [4.78, 5) is 27.9. The summed E-state index contributed by atoms with van der Waals surface area (Å²) in [5.41, 5.74) is 0.480. The van der Waals surface area contributed by atoms with Crippen molar-refractivity contribution >= 4 is 44.9 Å². The van der Waals surface area contributed by atoms with Gasteiger partial charge < -0.3 is 10.0 Å². The molecule has 0 radical (unpaired) electrons. The molecule has 1 aliphatic carbocycles. The molecule has 0 aromatic heterocycles. The fourth-order valence-electron chi connectivity index (χ4n) is 6.33. The van der Waals surface area contributed by atoms with Gasteiger partial charge in [0.05, 0.1) is 28.9 Å².